The number of nitrogens with zero attached hydrogens (tertiary/aromatic N) is 2. The van der Waals surface area contributed by atoms with Gasteiger partial charge in [0.25, 0.3) is 0 Å². The Kier molecular flexibility index (Phi) is 8.46. The summed E-state index contributed by atoms with van der Waals surface area (Å²) in [6.45, 7) is 4.01. The number of likely N-dealkylation sites (tertiary alicyclic amines) is 1. The number of carbonyl (C=O) groups is 1. The summed E-state index contributed by atoms with van der Waals surface area (Å²) >= 11 is 0. The van der Waals surface area contributed by atoms with Crippen LogP contribution in [0.5, 0.6) is 0 Å². The molecule has 2 rings (SSSR count). The van der Waals surface area contributed by atoms with Gasteiger partial charge in [-0.2, -0.15) is 0 Å². The van der Waals surface area contributed by atoms with E-state index in [0.29, 0.717) is 19.0 Å². The zero-order chi connectivity index (χ0) is 15.1. The number of amides is 1. The van der Waals surface area contributed by atoms with Crippen LogP contribution in [-0.4, -0.2) is 48.9 Å². The van der Waals surface area contributed by atoms with E-state index in [-0.39, 0.29) is 18.3 Å². The van der Waals surface area contributed by atoms with Crippen molar-refractivity contribution in [1.29, 1.82) is 0 Å². The van der Waals surface area contributed by atoms with Gasteiger partial charge in [0.2, 0.25) is 5.91 Å². The molecule has 1 atom stereocenters. The number of likely N-dealkylation sites (N-methyl/N-ethyl adjacent to an activating group) is 1. The van der Waals surface area contributed by atoms with Gasteiger partial charge in [0.15, 0.2) is 0 Å². The predicted molar refractivity (Wildman–Crippen MR) is 93.0 cm³/mol. The fourth-order valence-corrected chi connectivity index (χ4v) is 3.02. The molecule has 0 saturated carbocycles. The van der Waals surface area contributed by atoms with Crippen LogP contribution in [-0.2, 0) is 11.3 Å². The van der Waals surface area contributed by atoms with Gasteiger partial charge in [-0.3, -0.25) is 9.69 Å². The Morgan fingerprint density at radius 1 is 1.36 bits per heavy atom. The molecule has 1 aliphatic heterocycles. The summed E-state index contributed by atoms with van der Waals surface area (Å²) in [4.78, 5) is 16.4. The van der Waals surface area contributed by atoms with Crippen molar-refractivity contribution in [2.45, 2.75) is 25.8 Å². The summed E-state index contributed by atoms with van der Waals surface area (Å²) in [5.41, 5.74) is 6.82. The van der Waals surface area contributed by atoms with E-state index in [1.54, 1.807) is 0 Å². The Morgan fingerprint density at radius 3 is 2.77 bits per heavy atom. The first-order valence-corrected chi connectivity index (χ1v) is 7.89. The van der Waals surface area contributed by atoms with Crippen LogP contribution in [0, 0.1) is 5.92 Å². The van der Waals surface area contributed by atoms with Crippen LogP contribution < -0.4 is 5.73 Å². The number of nitrogens with two attached hydrogens (primary N) is 1. The van der Waals surface area contributed by atoms with Gasteiger partial charge < -0.3 is 10.6 Å². The second kappa shape index (κ2) is 9.82. The Balaban J connectivity index is 0.00000242. The number of hydrogen-bond acceptors (Lipinski definition) is 3. The van der Waals surface area contributed by atoms with E-state index in [2.05, 4.69) is 17.0 Å². The molecule has 2 N–H and O–H groups in total. The van der Waals surface area contributed by atoms with Gasteiger partial charge in [-0.1, -0.05) is 30.3 Å². The third-order valence-electron chi connectivity index (χ3n) is 4.23. The maximum absolute atomic E-state index is 12.3. The van der Waals surface area contributed by atoms with Crippen LogP contribution in [0.2, 0.25) is 0 Å². The average Bonchev–Trinajstić information content (AvgIpc) is 2.49. The molecule has 0 aliphatic carbocycles. The predicted octanol–water partition coefficient (Wildman–Crippen LogP) is 2.13. The lowest BCUT2D eigenvalue weighted by molar-refractivity contribution is -0.132. The maximum Gasteiger partial charge on any atom is 0.236 e. The highest BCUT2D eigenvalue weighted by Crippen LogP contribution is 2.18. The molecule has 0 bridgehead atoms. The largest absolute Gasteiger partial charge is 0.340 e. The minimum Gasteiger partial charge on any atom is -0.340 e. The third kappa shape index (κ3) is 5.95. The first kappa shape index (κ1) is 18.9. The molecule has 5 heteroatoms. The van der Waals surface area contributed by atoms with Crippen molar-refractivity contribution in [3.8, 4) is 0 Å². The number of benzene rings is 1. The zero-order valence-electron chi connectivity index (χ0n) is 13.4. The van der Waals surface area contributed by atoms with Crippen molar-refractivity contribution >= 4 is 18.3 Å². The van der Waals surface area contributed by atoms with Crippen molar-refractivity contribution in [1.82, 2.24) is 9.80 Å². The molecule has 1 aliphatic rings. The van der Waals surface area contributed by atoms with Crippen LogP contribution in [0.3, 0.4) is 0 Å². The SMILES string of the molecule is CN(Cc1ccccc1)C(=O)CN1CCCC(CCN)C1.Cl. The van der Waals surface area contributed by atoms with E-state index in [1.807, 2.05) is 30.1 Å². The second-order valence-electron chi connectivity index (χ2n) is 6.06. The molecule has 1 fully saturated rings. The van der Waals surface area contributed by atoms with Crippen LogP contribution in [0.15, 0.2) is 30.3 Å². The quantitative estimate of drug-likeness (QED) is 0.871. The van der Waals surface area contributed by atoms with Crippen LogP contribution in [0.25, 0.3) is 0 Å². The lowest BCUT2D eigenvalue weighted by Crippen LogP contribution is -2.43. The fraction of sp³-hybridized carbons (Fsp3) is 0.588. The monoisotopic (exact) mass is 325 g/mol. The summed E-state index contributed by atoms with van der Waals surface area (Å²) in [5, 5.41) is 0. The molecule has 1 aromatic rings. The second-order valence-corrected chi connectivity index (χ2v) is 6.06. The molecule has 1 unspecified atom stereocenters. The molecule has 0 spiro atoms. The van der Waals surface area contributed by atoms with E-state index < -0.39 is 0 Å². The molecule has 0 aromatic heterocycles. The first-order chi connectivity index (χ1) is 10.2. The van der Waals surface area contributed by atoms with Crippen LogP contribution >= 0.6 is 12.4 Å². The van der Waals surface area contributed by atoms with Crippen molar-refractivity contribution in [3.63, 3.8) is 0 Å². The molecule has 1 saturated heterocycles. The normalized spacial score (nSPS) is 18.5. The molecule has 1 aromatic carbocycles. The van der Waals surface area contributed by atoms with Gasteiger partial charge in [-0.25, -0.2) is 0 Å². The summed E-state index contributed by atoms with van der Waals surface area (Å²) in [6.07, 6.45) is 3.51. The van der Waals surface area contributed by atoms with Crippen molar-refractivity contribution in [2.75, 3.05) is 33.2 Å². The summed E-state index contributed by atoms with van der Waals surface area (Å²) < 4.78 is 0. The number of hydrogen-bond donors (Lipinski definition) is 1. The van der Waals surface area contributed by atoms with Gasteiger partial charge in [0.1, 0.15) is 0 Å². The summed E-state index contributed by atoms with van der Waals surface area (Å²) in [7, 11) is 1.89. The minimum absolute atomic E-state index is 0. The summed E-state index contributed by atoms with van der Waals surface area (Å²) in [6, 6.07) is 10.1. The number of rotatable bonds is 6. The Morgan fingerprint density at radius 2 is 2.09 bits per heavy atom. The van der Waals surface area contributed by atoms with Crippen molar-refractivity contribution in [3.05, 3.63) is 35.9 Å². The third-order valence-corrected chi connectivity index (χ3v) is 4.23. The Labute approximate surface area is 140 Å². The minimum atomic E-state index is 0. The maximum atomic E-state index is 12.3. The smallest absolute Gasteiger partial charge is 0.236 e. The highest BCUT2D eigenvalue weighted by atomic mass is 35.5. The van der Waals surface area contributed by atoms with E-state index in [1.165, 1.54) is 18.4 Å². The van der Waals surface area contributed by atoms with E-state index in [4.69, 9.17) is 5.73 Å². The number of halogens is 1. The number of piperidine rings is 1. The highest BCUT2D eigenvalue weighted by molar-refractivity contribution is 5.85. The van der Waals surface area contributed by atoms with Crippen LogP contribution in [0.4, 0.5) is 0 Å². The van der Waals surface area contributed by atoms with Gasteiger partial charge in [0.05, 0.1) is 6.54 Å². The van der Waals surface area contributed by atoms with E-state index >= 15 is 0 Å². The molecule has 1 amide bonds. The molecule has 124 valence electrons. The van der Waals surface area contributed by atoms with Gasteiger partial charge in [-0.15, -0.1) is 12.4 Å². The highest BCUT2D eigenvalue weighted by Gasteiger charge is 2.22. The van der Waals surface area contributed by atoms with E-state index in [9.17, 15) is 4.79 Å². The first-order valence-electron chi connectivity index (χ1n) is 7.89. The van der Waals surface area contributed by atoms with Crippen molar-refractivity contribution in [2.24, 2.45) is 11.7 Å². The standard InChI is InChI=1S/C17H27N3O.ClH/c1-19(12-15-6-3-2-4-7-15)17(21)14-20-11-5-8-16(13-20)9-10-18;/h2-4,6-7,16H,5,8-14,18H2,1H3;1H. The molecule has 1 heterocycles. The van der Waals surface area contributed by atoms with Gasteiger partial charge >= 0.3 is 0 Å². The molecule has 4 nitrogen and oxygen atoms in total. The lowest BCUT2D eigenvalue weighted by atomic mass is 9.95. The lowest BCUT2D eigenvalue weighted by Gasteiger charge is -2.33. The fourth-order valence-electron chi connectivity index (χ4n) is 3.02. The summed E-state index contributed by atoms with van der Waals surface area (Å²) in [5.74, 6) is 0.864. The molecular weight excluding hydrogens is 298 g/mol. The average molecular weight is 326 g/mol. The number of carbonyl (C=O) groups excluding carboxylic acids is 1. The van der Waals surface area contributed by atoms with Gasteiger partial charge in [-0.05, 0) is 43.8 Å². The van der Waals surface area contributed by atoms with Crippen LogP contribution in [0.1, 0.15) is 24.8 Å². The molecule has 22 heavy (non-hydrogen) atoms. The zero-order valence-corrected chi connectivity index (χ0v) is 14.2. The molecular formula is C17H28ClN3O. The molecule has 0 radical (unpaired) electrons. The van der Waals surface area contributed by atoms with Gasteiger partial charge in [0, 0.05) is 20.1 Å². The Hall–Kier alpha value is -1.10. The van der Waals surface area contributed by atoms with Crippen molar-refractivity contribution < 1.29 is 4.79 Å². The van der Waals surface area contributed by atoms with E-state index in [0.717, 1.165) is 26.1 Å². The Bertz CT molecular complexity index is 439. The topological polar surface area (TPSA) is 49.6 Å².